The van der Waals surface area contributed by atoms with Gasteiger partial charge in [-0.2, -0.15) is 0 Å². The molecule has 106 valence electrons. The highest BCUT2D eigenvalue weighted by atomic mass is 35.5. The highest BCUT2D eigenvalue weighted by Gasteiger charge is 2.21. The normalized spacial score (nSPS) is 20.6. The van der Waals surface area contributed by atoms with Gasteiger partial charge in [-0.1, -0.05) is 11.6 Å². The summed E-state index contributed by atoms with van der Waals surface area (Å²) >= 11 is 5.69. The number of halogens is 1. The molecule has 0 aliphatic carbocycles. The predicted molar refractivity (Wildman–Crippen MR) is 72.8 cm³/mol. The van der Waals surface area contributed by atoms with Crippen LogP contribution in [0.4, 0.5) is 0 Å². The van der Waals surface area contributed by atoms with Gasteiger partial charge in [0.25, 0.3) is 5.56 Å². The molecule has 19 heavy (non-hydrogen) atoms. The van der Waals surface area contributed by atoms with Gasteiger partial charge in [-0.25, -0.2) is 4.79 Å². The predicted octanol–water partition coefficient (Wildman–Crippen LogP) is 0.347. The first-order chi connectivity index (χ1) is 9.08. The van der Waals surface area contributed by atoms with Crippen LogP contribution in [0.1, 0.15) is 19.8 Å². The SMILES string of the molecule is CC(NCCn1cc(Cl)c(=O)[nH]c1=O)C1CCCO1. The Morgan fingerprint density at radius 2 is 2.42 bits per heavy atom. The maximum Gasteiger partial charge on any atom is 0.328 e. The number of ether oxygens (including phenoxy) is 1. The smallest absolute Gasteiger partial charge is 0.328 e. The van der Waals surface area contributed by atoms with Gasteiger partial charge in [-0.3, -0.25) is 14.3 Å². The van der Waals surface area contributed by atoms with Gasteiger partial charge < -0.3 is 10.1 Å². The zero-order chi connectivity index (χ0) is 13.8. The summed E-state index contributed by atoms with van der Waals surface area (Å²) in [6.07, 6.45) is 3.78. The molecule has 1 aliphatic heterocycles. The second-order valence-electron chi connectivity index (χ2n) is 4.72. The lowest BCUT2D eigenvalue weighted by Crippen LogP contribution is -2.40. The van der Waals surface area contributed by atoms with Gasteiger partial charge in [0.1, 0.15) is 5.02 Å². The van der Waals surface area contributed by atoms with E-state index in [1.54, 1.807) is 0 Å². The summed E-state index contributed by atoms with van der Waals surface area (Å²) in [7, 11) is 0. The van der Waals surface area contributed by atoms with Crippen molar-refractivity contribution in [3.63, 3.8) is 0 Å². The Bertz CT molecular complexity index is 534. The first-order valence-electron chi connectivity index (χ1n) is 6.42. The molecule has 1 aromatic heterocycles. The monoisotopic (exact) mass is 287 g/mol. The van der Waals surface area contributed by atoms with Gasteiger partial charge in [0.15, 0.2) is 0 Å². The van der Waals surface area contributed by atoms with Crippen molar-refractivity contribution in [3.8, 4) is 0 Å². The van der Waals surface area contributed by atoms with Crippen LogP contribution in [-0.2, 0) is 11.3 Å². The third-order valence-corrected chi connectivity index (χ3v) is 3.58. The van der Waals surface area contributed by atoms with Crippen LogP contribution in [0.3, 0.4) is 0 Å². The Hall–Kier alpha value is -1.11. The molecule has 0 radical (unpaired) electrons. The molecule has 1 aromatic rings. The second kappa shape index (κ2) is 6.36. The number of hydrogen-bond donors (Lipinski definition) is 2. The average Bonchev–Trinajstić information content (AvgIpc) is 2.89. The van der Waals surface area contributed by atoms with E-state index in [-0.39, 0.29) is 17.2 Å². The molecule has 6 nitrogen and oxygen atoms in total. The highest BCUT2D eigenvalue weighted by Crippen LogP contribution is 2.15. The van der Waals surface area contributed by atoms with E-state index in [0.29, 0.717) is 13.1 Å². The molecule has 0 saturated carbocycles. The Balaban J connectivity index is 1.87. The van der Waals surface area contributed by atoms with Gasteiger partial charge in [0, 0.05) is 31.9 Å². The van der Waals surface area contributed by atoms with Gasteiger partial charge in [-0.15, -0.1) is 0 Å². The van der Waals surface area contributed by atoms with E-state index < -0.39 is 11.2 Å². The van der Waals surface area contributed by atoms with Crippen molar-refractivity contribution < 1.29 is 4.74 Å². The third-order valence-electron chi connectivity index (χ3n) is 3.31. The summed E-state index contributed by atoms with van der Waals surface area (Å²) in [5.74, 6) is 0. The first-order valence-corrected chi connectivity index (χ1v) is 6.80. The number of hydrogen-bond acceptors (Lipinski definition) is 4. The molecule has 1 fully saturated rings. The molecule has 2 rings (SSSR count). The number of aromatic nitrogens is 2. The van der Waals surface area contributed by atoms with Crippen LogP contribution in [0.15, 0.2) is 15.8 Å². The molecule has 1 saturated heterocycles. The lowest BCUT2D eigenvalue weighted by Gasteiger charge is -2.20. The minimum absolute atomic E-state index is 0.0202. The van der Waals surface area contributed by atoms with Crippen LogP contribution in [0.25, 0.3) is 0 Å². The van der Waals surface area contributed by atoms with E-state index in [4.69, 9.17) is 16.3 Å². The molecule has 0 amide bonds. The summed E-state index contributed by atoms with van der Waals surface area (Å²) < 4.78 is 6.96. The molecule has 2 atom stereocenters. The second-order valence-corrected chi connectivity index (χ2v) is 5.13. The maximum atomic E-state index is 11.5. The summed E-state index contributed by atoms with van der Waals surface area (Å²) in [5, 5.41) is 3.33. The Labute approximate surface area is 115 Å². The van der Waals surface area contributed by atoms with Crippen LogP contribution in [0.2, 0.25) is 5.02 Å². The molecule has 1 aliphatic rings. The summed E-state index contributed by atoms with van der Waals surface area (Å²) in [6, 6.07) is 0.247. The molecule has 2 N–H and O–H groups in total. The minimum atomic E-state index is -0.552. The van der Waals surface area contributed by atoms with Crippen LogP contribution in [0, 0.1) is 0 Å². The van der Waals surface area contributed by atoms with Crippen LogP contribution in [0.5, 0.6) is 0 Å². The van der Waals surface area contributed by atoms with Gasteiger partial charge >= 0.3 is 5.69 Å². The van der Waals surface area contributed by atoms with E-state index >= 15 is 0 Å². The Kier molecular flexibility index (Phi) is 4.79. The lowest BCUT2D eigenvalue weighted by atomic mass is 10.1. The van der Waals surface area contributed by atoms with E-state index in [2.05, 4.69) is 17.2 Å². The fraction of sp³-hybridized carbons (Fsp3) is 0.667. The zero-order valence-corrected chi connectivity index (χ0v) is 11.6. The van der Waals surface area contributed by atoms with E-state index in [1.165, 1.54) is 10.8 Å². The minimum Gasteiger partial charge on any atom is -0.377 e. The standard InChI is InChI=1S/C12H18ClN3O3/c1-8(10-3-2-6-19-10)14-4-5-16-7-9(13)11(17)15-12(16)18/h7-8,10,14H,2-6H2,1H3,(H,15,17,18). The van der Waals surface area contributed by atoms with Gasteiger partial charge in [0.05, 0.1) is 6.10 Å². The number of aromatic amines is 1. The van der Waals surface area contributed by atoms with Crippen molar-refractivity contribution in [2.45, 2.75) is 38.5 Å². The topological polar surface area (TPSA) is 76.1 Å². The molecule has 0 bridgehead atoms. The van der Waals surface area contributed by atoms with Crippen LogP contribution < -0.4 is 16.6 Å². The summed E-state index contributed by atoms with van der Waals surface area (Å²) in [5.41, 5.74) is -0.996. The van der Waals surface area contributed by atoms with Crippen LogP contribution >= 0.6 is 11.6 Å². The fourth-order valence-corrected chi connectivity index (χ4v) is 2.35. The molecule has 7 heteroatoms. The van der Waals surface area contributed by atoms with Crippen molar-refractivity contribution in [1.29, 1.82) is 0 Å². The average molecular weight is 288 g/mol. The number of nitrogens with zero attached hydrogens (tertiary/aromatic N) is 1. The van der Waals surface area contributed by atoms with Gasteiger partial charge in [-0.05, 0) is 19.8 Å². The number of rotatable bonds is 5. The molecule has 2 unspecified atom stereocenters. The molecular weight excluding hydrogens is 270 g/mol. The van der Waals surface area contributed by atoms with Gasteiger partial charge in [0.2, 0.25) is 0 Å². The van der Waals surface area contributed by atoms with Crippen LogP contribution in [-0.4, -0.2) is 34.8 Å². The largest absolute Gasteiger partial charge is 0.377 e. The highest BCUT2D eigenvalue weighted by molar-refractivity contribution is 6.30. The summed E-state index contributed by atoms with van der Waals surface area (Å²) in [6.45, 7) is 3.96. The van der Waals surface area contributed by atoms with E-state index in [1.807, 2.05) is 0 Å². The van der Waals surface area contributed by atoms with Crippen molar-refractivity contribution in [2.75, 3.05) is 13.2 Å². The van der Waals surface area contributed by atoms with Crippen molar-refractivity contribution in [2.24, 2.45) is 0 Å². The van der Waals surface area contributed by atoms with Crippen molar-refractivity contribution >= 4 is 11.6 Å². The molecule has 0 spiro atoms. The first kappa shape index (κ1) is 14.3. The number of nitrogens with one attached hydrogen (secondary N) is 2. The molecule has 0 aromatic carbocycles. The van der Waals surface area contributed by atoms with E-state index in [9.17, 15) is 9.59 Å². The fourth-order valence-electron chi connectivity index (χ4n) is 2.19. The third kappa shape index (κ3) is 3.68. The Morgan fingerprint density at radius 1 is 1.63 bits per heavy atom. The quantitative estimate of drug-likeness (QED) is 0.819. The molecule has 2 heterocycles. The Morgan fingerprint density at radius 3 is 3.11 bits per heavy atom. The summed E-state index contributed by atoms with van der Waals surface area (Å²) in [4.78, 5) is 24.8. The zero-order valence-electron chi connectivity index (χ0n) is 10.8. The maximum absolute atomic E-state index is 11.5. The lowest BCUT2D eigenvalue weighted by molar-refractivity contribution is 0.0835. The molecular formula is C12H18ClN3O3. The van der Waals surface area contributed by atoms with E-state index in [0.717, 1.165) is 19.4 Å². The van der Waals surface area contributed by atoms with Crippen molar-refractivity contribution in [1.82, 2.24) is 14.9 Å². The van der Waals surface area contributed by atoms with Crippen molar-refractivity contribution in [3.05, 3.63) is 32.1 Å². The number of H-pyrrole nitrogens is 1.